The van der Waals surface area contributed by atoms with Gasteiger partial charge in [0.25, 0.3) is 5.69 Å². The van der Waals surface area contributed by atoms with Gasteiger partial charge in [0.2, 0.25) is 11.8 Å². The second-order valence-electron chi connectivity index (χ2n) is 3.27. The summed E-state index contributed by atoms with van der Waals surface area (Å²) in [6.45, 7) is 0. The van der Waals surface area contributed by atoms with Crippen molar-refractivity contribution in [2.45, 2.75) is 0 Å². The minimum absolute atomic E-state index is 0.136. The van der Waals surface area contributed by atoms with E-state index in [2.05, 4.69) is 4.98 Å². The van der Waals surface area contributed by atoms with E-state index in [9.17, 15) is 18.9 Å². The molecule has 2 rings (SSSR count). The third-order valence-corrected chi connectivity index (χ3v) is 2.03. The Hall–Kier alpha value is -2.57. The number of ether oxygens (including phenoxy) is 1. The molecule has 0 atom stereocenters. The van der Waals surface area contributed by atoms with Gasteiger partial charge in [0.05, 0.1) is 11.0 Å². The Labute approximate surface area is 99.8 Å². The summed E-state index contributed by atoms with van der Waals surface area (Å²) in [5, 5.41) is 10.4. The van der Waals surface area contributed by atoms with E-state index in [-0.39, 0.29) is 11.6 Å². The zero-order chi connectivity index (χ0) is 13.1. The van der Waals surface area contributed by atoms with E-state index in [1.165, 1.54) is 12.1 Å². The number of hydrogen-bond donors (Lipinski definition) is 0. The minimum Gasteiger partial charge on any atom is -0.436 e. The second-order valence-corrected chi connectivity index (χ2v) is 3.27. The maximum absolute atomic E-state index is 13.4. The Morgan fingerprint density at radius 1 is 1.22 bits per heavy atom. The van der Waals surface area contributed by atoms with Gasteiger partial charge in [0.1, 0.15) is 0 Å². The van der Waals surface area contributed by atoms with Crippen molar-refractivity contribution in [1.29, 1.82) is 0 Å². The van der Waals surface area contributed by atoms with Crippen LogP contribution in [0.3, 0.4) is 0 Å². The number of hydrogen-bond acceptors (Lipinski definition) is 4. The van der Waals surface area contributed by atoms with Crippen LogP contribution in [0.15, 0.2) is 36.4 Å². The lowest BCUT2D eigenvalue weighted by Crippen LogP contribution is -1.94. The fraction of sp³-hybridized carbons (Fsp3) is 0. The maximum atomic E-state index is 13.4. The summed E-state index contributed by atoms with van der Waals surface area (Å²) < 4.78 is 31.2. The van der Waals surface area contributed by atoms with Gasteiger partial charge in [0, 0.05) is 12.1 Å². The Bertz CT molecular complexity index is 605. The lowest BCUT2D eigenvalue weighted by molar-refractivity contribution is -0.385. The molecule has 1 aromatic carbocycles. The SMILES string of the molecule is O=[N+]([O-])c1ccc(Oc2cccc(F)n2)c(F)c1. The zero-order valence-corrected chi connectivity index (χ0v) is 8.84. The molecule has 5 nitrogen and oxygen atoms in total. The van der Waals surface area contributed by atoms with E-state index >= 15 is 0 Å². The number of nitro benzene ring substituents is 1. The van der Waals surface area contributed by atoms with E-state index in [1.807, 2.05) is 0 Å². The van der Waals surface area contributed by atoms with E-state index in [1.54, 1.807) is 0 Å². The smallest absolute Gasteiger partial charge is 0.272 e. The van der Waals surface area contributed by atoms with Crippen LogP contribution in [0.5, 0.6) is 11.6 Å². The molecule has 7 heteroatoms. The Balaban J connectivity index is 2.27. The Kier molecular flexibility index (Phi) is 3.13. The number of benzene rings is 1. The van der Waals surface area contributed by atoms with Crippen molar-refractivity contribution in [3.63, 3.8) is 0 Å². The minimum atomic E-state index is -0.921. The van der Waals surface area contributed by atoms with E-state index in [0.717, 1.165) is 18.2 Å². The van der Waals surface area contributed by atoms with Crippen molar-refractivity contribution >= 4 is 5.69 Å². The summed E-state index contributed by atoms with van der Waals surface area (Å²) >= 11 is 0. The topological polar surface area (TPSA) is 65.3 Å². The number of aromatic nitrogens is 1. The van der Waals surface area contributed by atoms with Crippen LogP contribution < -0.4 is 4.74 Å². The quantitative estimate of drug-likeness (QED) is 0.478. The fourth-order valence-corrected chi connectivity index (χ4v) is 1.25. The molecule has 2 aromatic rings. The lowest BCUT2D eigenvalue weighted by atomic mass is 10.3. The predicted molar refractivity (Wildman–Crippen MR) is 57.3 cm³/mol. The van der Waals surface area contributed by atoms with Crippen molar-refractivity contribution < 1.29 is 18.4 Å². The van der Waals surface area contributed by atoms with Crippen LogP contribution in [0.2, 0.25) is 0 Å². The first-order valence-electron chi connectivity index (χ1n) is 4.80. The third kappa shape index (κ3) is 2.57. The van der Waals surface area contributed by atoms with Crippen molar-refractivity contribution in [3.05, 3.63) is 58.3 Å². The highest BCUT2D eigenvalue weighted by Crippen LogP contribution is 2.26. The van der Waals surface area contributed by atoms with Crippen LogP contribution in [0.4, 0.5) is 14.5 Å². The largest absolute Gasteiger partial charge is 0.436 e. The molecule has 1 heterocycles. The molecule has 0 N–H and O–H groups in total. The van der Waals surface area contributed by atoms with Gasteiger partial charge in [-0.15, -0.1) is 0 Å². The van der Waals surface area contributed by atoms with Crippen LogP contribution in [0.25, 0.3) is 0 Å². The zero-order valence-electron chi connectivity index (χ0n) is 8.84. The van der Waals surface area contributed by atoms with E-state index in [0.29, 0.717) is 6.07 Å². The molecule has 0 unspecified atom stereocenters. The average molecular weight is 252 g/mol. The number of halogens is 2. The molecule has 0 aliphatic heterocycles. The van der Waals surface area contributed by atoms with Crippen molar-refractivity contribution in [2.75, 3.05) is 0 Å². The number of nitrogens with zero attached hydrogens (tertiary/aromatic N) is 2. The standard InChI is InChI=1S/C11H6F2N2O3/c12-8-6-7(15(16)17)4-5-9(8)18-11-3-1-2-10(13)14-11/h1-6H. The molecule has 0 radical (unpaired) electrons. The average Bonchev–Trinajstić information content (AvgIpc) is 2.31. The molecule has 0 fully saturated rings. The van der Waals surface area contributed by atoms with Crippen LogP contribution in [-0.4, -0.2) is 9.91 Å². The maximum Gasteiger partial charge on any atom is 0.272 e. The first-order chi connectivity index (χ1) is 8.56. The molecule has 0 aliphatic carbocycles. The number of non-ortho nitro benzene ring substituents is 1. The van der Waals surface area contributed by atoms with Gasteiger partial charge in [-0.1, -0.05) is 6.07 Å². The first kappa shape index (κ1) is 11.9. The van der Waals surface area contributed by atoms with Crippen LogP contribution in [0.1, 0.15) is 0 Å². The molecule has 0 spiro atoms. The van der Waals surface area contributed by atoms with E-state index < -0.39 is 22.4 Å². The molecule has 0 amide bonds. The highest BCUT2D eigenvalue weighted by atomic mass is 19.1. The summed E-state index contributed by atoms with van der Waals surface area (Å²) in [7, 11) is 0. The monoisotopic (exact) mass is 252 g/mol. The predicted octanol–water partition coefficient (Wildman–Crippen LogP) is 3.06. The van der Waals surface area contributed by atoms with Gasteiger partial charge in [-0.3, -0.25) is 10.1 Å². The molecule has 92 valence electrons. The molecule has 0 saturated heterocycles. The van der Waals surface area contributed by atoms with Crippen LogP contribution >= 0.6 is 0 Å². The summed E-state index contributed by atoms with van der Waals surface area (Å²) in [6, 6.07) is 6.68. The highest BCUT2D eigenvalue weighted by Gasteiger charge is 2.12. The van der Waals surface area contributed by atoms with Crippen molar-refractivity contribution in [3.8, 4) is 11.6 Å². The fourth-order valence-electron chi connectivity index (χ4n) is 1.25. The third-order valence-electron chi connectivity index (χ3n) is 2.03. The summed E-state index contributed by atoms with van der Waals surface area (Å²) in [6.07, 6.45) is 0. The van der Waals surface area contributed by atoms with Gasteiger partial charge in [-0.25, -0.2) is 4.39 Å². The van der Waals surface area contributed by atoms with Gasteiger partial charge in [-0.05, 0) is 12.1 Å². The van der Waals surface area contributed by atoms with Crippen molar-refractivity contribution in [2.24, 2.45) is 0 Å². The second kappa shape index (κ2) is 4.74. The molecule has 0 saturated carbocycles. The molecular weight excluding hydrogens is 246 g/mol. The highest BCUT2D eigenvalue weighted by molar-refractivity contribution is 5.39. The van der Waals surface area contributed by atoms with Crippen LogP contribution in [-0.2, 0) is 0 Å². The number of nitro groups is 1. The number of pyridine rings is 1. The first-order valence-corrected chi connectivity index (χ1v) is 4.80. The van der Waals surface area contributed by atoms with E-state index in [4.69, 9.17) is 4.74 Å². The Morgan fingerprint density at radius 2 is 2.00 bits per heavy atom. The molecule has 0 bridgehead atoms. The molecular formula is C11H6F2N2O3. The van der Waals surface area contributed by atoms with Crippen molar-refractivity contribution in [1.82, 2.24) is 4.98 Å². The van der Waals surface area contributed by atoms with Gasteiger partial charge in [-0.2, -0.15) is 9.37 Å². The molecule has 1 aromatic heterocycles. The summed E-state index contributed by atoms with van der Waals surface area (Å²) in [5.74, 6) is -2.09. The number of rotatable bonds is 3. The van der Waals surface area contributed by atoms with Gasteiger partial charge < -0.3 is 4.74 Å². The van der Waals surface area contributed by atoms with Gasteiger partial charge >= 0.3 is 0 Å². The normalized spacial score (nSPS) is 10.1. The van der Waals surface area contributed by atoms with Crippen LogP contribution in [0, 0.1) is 21.9 Å². The summed E-state index contributed by atoms with van der Waals surface area (Å²) in [4.78, 5) is 13.1. The molecule has 0 aliphatic rings. The molecule has 18 heavy (non-hydrogen) atoms. The Morgan fingerprint density at radius 3 is 2.61 bits per heavy atom. The summed E-state index contributed by atoms with van der Waals surface area (Å²) in [5.41, 5.74) is -0.396. The van der Waals surface area contributed by atoms with Gasteiger partial charge in [0.15, 0.2) is 11.6 Å². The lowest BCUT2D eigenvalue weighted by Gasteiger charge is -2.05.